The largest absolute Gasteiger partial charge is 0.494 e. The summed E-state index contributed by atoms with van der Waals surface area (Å²) >= 11 is 0. The molecule has 0 atom stereocenters. The number of benzene rings is 1. The minimum absolute atomic E-state index is 0.223. The van der Waals surface area contributed by atoms with Crippen LogP contribution in [0.25, 0.3) is 0 Å². The van der Waals surface area contributed by atoms with Crippen LogP contribution in [0.2, 0.25) is 0 Å². The second kappa shape index (κ2) is 5.53. The van der Waals surface area contributed by atoms with Crippen molar-refractivity contribution in [3.8, 4) is 5.75 Å². The van der Waals surface area contributed by atoms with Gasteiger partial charge in [-0.1, -0.05) is 13.8 Å². The third-order valence-electron chi connectivity index (χ3n) is 4.02. The Kier molecular flexibility index (Phi) is 4.26. The van der Waals surface area contributed by atoms with E-state index in [-0.39, 0.29) is 11.2 Å². The monoisotopic (exact) mass is 302 g/mol. The summed E-state index contributed by atoms with van der Waals surface area (Å²) in [5, 5.41) is 0. The van der Waals surface area contributed by atoms with Gasteiger partial charge in [0.15, 0.2) is 0 Å². The zero-order chi connectivity index (χ0) is 15.8. The van der Waals surface area contributed by atoms with Crippen LogP contribution in [-0.2, 0) is 9.31 Å². The van der Waals surface area contributed by atoms with E-state index in [2.05, 4.69) is 4.74 Å². The summed E-state index contributed by atoms with van der Waals surface area (Å²) in [5.74, 6) is -0.937. The first-order valence-corrected chi connectivity index (χ1v) is 6.65. The van der Waals surface area contributed by atoms with Crippen LogP contribution in [-0.4, -0.2) is 25.9 Å². The van der Waals surface area contributed by atoms with Crippen molar-refractivity contribution < 1.29 is 27.2 Å². The van der Waals surface area contributed by atoms with E-state index in [0.29, 0.717) is 12.1 Å². The first kappa shape index (κ1) is 16.2. The van der Waals surface area contributed by atoms with Gasteiger partial charge in [-0.2, -0.15) is 8.78 Å². The number of rotatable bonds is 3. The fourth-order valence-electron chi connectivity index (χ4n) is 1.97. The Hall–Kier alpha value is -1.21. The van der Waals surface area contributed by atoms with Crippen LogP contribution in [0.3, 0.4) is 0 Å². The summed E-state index contributed by atoms with van der Waals surface area (Å²) in [6.07, 6.45) is 0. The van der Waals surface area contributed by atoms with Crippen molar-refractivity contribution >= 4 is 12.6 Å². The minimum Gasteiger partial charge on any atom is -0.435 e. The maximum Gasteiger partial charge on any atom is 0.494 e. The van der Waals surface area contributed by atoms with Crippen LogP contribution in [0, 0.1) is 11.2 Å². The van der Waals surface area contributed by atoms with Gasteiger partial charge in [-0.25, -0.2) is 4.39 Å². The molecule has 1 fully saturated rings. The third-order valence-corrected chi connectivity index (χ3v) is 4.02. The van der Waals surface area contributed by atoms with E-state index in [1.165, 1.54) is 12.1 Å². The Morgan fingerprint density at radius 3 is 2.43 bits per heavy atom. The van der Waals surface area contributed by atoms with Gasteiger partial charge in [0.2, 0.25) is 0 Å². The SMILES string of the molecule is CC1(C)COB(c2cc(F)cc(OC(F)F)c2)OC1(C)C. The molecule has 7 heteroatoms. The molecule has 21 heavy (non-hydrogen) atoms. The highest BCUT2D eigenvalue weighted by atomic mass is 19.3. The van der Waals surface area contributed by atoms with E-state index in [1.54, 1.807) is 0 Å². The van der Waals surface area contributed by atoms with Crippen LogP contribution >= 0.6 is 0 Å². The van der Waals surface area contributed by atoms with Crippen LogP contribution in [0.4, 0.5) is 13.2 Å². The highest BCUT2D eigenvalue weighted by molar-refractivity contribution is 6.61. The Morgan fingerprint density at radius 1 is 1.19 bits per heavy atom. The van der Waals surface area contributed by atoms with Gasteiger partial charge < -0.3 is 14.0 Å². The maximum absolute atomic E-state index is 13.5. The average molecular weight is 302 g/mol. The van der Waals surface area contributed by atoms with Crippen LogP contribution in [0.5, 0.6) is 5.75 Å². The number of alkyl halides is 2. The maximum atomic E-state index is 13.5. The highest BCUT2D eigenvalue weighted by Crippen LogP contribution is 2.38. The third kappa shape index (κ3) is 3.52. The summed E-state index contributed by atoms with van der Waals surface area (Å²) in [6, 6.07) is 3.39. The molecule has 0 unspecified atom stereocenters. The molecule has 0 saturated carbocycles. The summed E-state index contributed by atoms with van der Waals surface area (Å²) < 4.78 is 53.7. The quantitative estimate of drug-likeness (QED) is 0.803. The molecule has 1 aromatic rings. The molecular formula is C14H18BF3O3. The van der Waals surface area contributed by atoms with Gasteiger partial charge >= 0.3 is 13.7 Å². The summed E-state index contributed by atoms with van der Waals surface area (Å²) in [6.45, 7) is 5.23. The average Bonchev–Trinajstić information content (AvgIpc) is 2.31. The Balaban J connectivity index is 2.25. The molecule has 0 aliphatic carbocycles. The van der Waals surface area contributed by atoms with Crippen LogP contribution in [0.15, 0.2) is 18.2 Å². The van der Waals surface area contributed by atoms with E-state index < -0.39 is 25.1 Å². The Bertz CT molecular complexity index is 520. The molecule has 1 saturated heterocycles. The van der Waals surface area contributed by atoms with E-state index in [1.807, 2.05) is 27.7 Å². The molecular weight excluding hydrogens is 284 g/mol. The fraction of sp³-hybridized carbons (Fsp3) is 0.571. The molecule has 1 aliphatic rings. The molecule has 0 spiro atoms. The topological polar surface area (TPSA) is 27.7 Å². The lowest BCUT2D eigenvalue weighted by Crippen LogP contribution is -2.58. The van der Waals surface area contributed by atoms with Gasteiger partial charge in [-0.15, -0.1) is 0 Å². The lowest BCUT2D eigenvalue weighted by Gasteiger charge is -2.47. The molecule has 1 heterocycles. The lowest BCUT2D eigenvalue weighted by molar-refractivity contribution is -0.0938. The molecule has 0 amide bonds. The van der Waals surface area contributed by atoms with E-state index in [0.717, 1.165) is 6.07 Å². The van der Waals surface area contributed by atoms with Gasteiger partial charge in [-0.3, -0.25) is 0 Å². The molecule has 0 N–H and O–H groups in total. The molecule has 0 radical (unpaired) electrons. The summed E-state index contributed by atoms with van der Waals surface area (Å²) in [4.78, 5) is 0. The number of hydrogen-bond acceptors (Lipinski definition) is 3. The molecule has 1 aliphatic heterocycles. The predicted molar refractivity (Wildman–Crippen MR) is 73.3 cm³/mol. The van der Waals surface area contributed by atoms with Crippen molar-refractivity contribution in [2.45, 2.75) is 39.9 Å². The van der Waals surface area contributed by atoms with Crippen LogP contribution in [0.1, 0.15) is 27.7 Å². The van der Waals surface area contributed by atoms with Crippen molar-refractivity contribution in [3.63, 3.8) is 0 Å². The van der Waals surface area contributed by atoms with Crippen molar-refractivity contribution in [1.29, 1.82) is 0 Å². The molecule has 3 nitrogen and oxygen atoms in total. The second-order valence-electron chi connectivity index (χ2n) is 6.25. The second-order valence-corrected chi connectivity index (χ2v) is 6.25. The lowest BCUT2D eigenvalue weighted by atomic mass is 9.69. The first-order chi connectivity index (χ1) is 9.60. The zero-order valence-corrected chi connectivity index (χ0v) is 12.5. The number of ether oxygens (including phenoxy) is 1. The van der Waals surface area contributed by atoms with E-state index >= 15 is 0 Å². The van der Waals surface area contributed by atoms with Gasteiger partial charge in [0.05, 0.1) is 5.60 Å². The Labute approximate surface area is 122 Å². The van der Waals surface area contributed by atoms with Gasteiger partial charge in [0, 0.05) is 18.1 Å². The smallest absolute Gasteiger partial charge is 0.435 e. The van der Waals surface area contributed by atoms with E-state index in [4.69, 9.17) is 9.31 Å². The fourth-order valence-corrected chi connectivity index (χ4v) is 1.97. The normalized spacial score (nSPS) is 20.7. The molecule has 0 aromatic heterocycles. The summed E-state index contributed by atoms with van der Waals surface area (Å²) in [7, 11) is -0.816. The van der Waals surface area contributed by atoms with E-state index in [9.17, 15) is 13.2 Å². The van der Waals surface area contributed by atoms with Crippen LogP contribution < -0.4 is 10.2 Å². The van der Waals surface area contributed by atoms with Crippen molar-refractivity contribution in [2.24, 2.45) is 5.41 Å². The number of hydrogen-bond donors (Lipinski definition) is 0. The zero-order valence-electron chi connectivity index (χ0n) is 12.5. The molecule has 2 rings (SSSR count). The number of halogens is 3. The molecule has 0 bridgehead atoms. The Morgan fingerprint density at radius 2 is 1.86 bits per heavy atom. The van der Waals surface area contributed by atoms with Gasteiger partial charge in [0.25, 0.3) is 0 Å². The van der Waals surface area contributed by atoms with Crippen molar-refractivity contribution in [3.05, 3.63) is 24.0 Å². The molecule has 1 aromatic carbocycles. The first-order valence-electron chi connectivity index (χ1n) is 6.65. The van der Waals surface area contributed by atoms with Crippen molar-refractivity contribution in [1.82, 2.24) is 0 Å². The standard InChI is InChI=1S/C14H18BF3O3/c1-13(2)8-19-15(21-14(13,3)4)9-5-10(16)7-11(6-9)20-12(17)18/h5-7,12H,8H2,1-4H3. The van der Waals surface area contributed by atoms with Gasteiger partial charge in [0.1, 0.15) is 11.6 Å². The molecule has 116 valence electrons. The van der Waals surface area contributed by atoms with Crippen molar-refractivity contribution in [2.75, 3.05) is 6.61 Å². The predicted octanol–water partition coefficient (Wildman–Crippen LogP) is 2.97. The minimum atomic E-state index is -3.01. The summed E-state index contributed by atoms with van der Waals surface area (Å²) in [5.41, 5.74) is -0.417. The highest BCUT2D eigenvalue weighted by Gasteiger charge is 2.47. The van der Waals surface area contributed by atoms with Gasteiger partial charge in [-0.05, 0) is 31.4 Å².